The van der Waals surface area contributed by atoms with Crippen LogP contribution in [0.2, 0.25) is 10.0 Å². The number of halogens is 2. The van der Waals surface area contributed by atoms with E-state index in [1.54, 1.807) is 30.1 Å². The number of aryl methyl sites for hydroxylation is 1. The number of carbonyl (C=O) groups excluding carboxylic acids is 2. The second-order valence-corrected chi connectivity index (χ2v) is 8.54. The van der Waals surface area contributed by atoms with Gasteiger partial charge in [-0.05, 0) is 36.6 Å². The molecule has 4 nitrogen and oxygen atoms in total. The number of nitrogens with zero attached hydrogens (tertiary/aromatic N) is 1. The van der Waals surface area contributed by atoms with Gasteiger partial charge in [-0.2, -0.15) is 0 Å². The van der Waals surface area contributed by atoms with Crippen LogP contribution in [0.15, 0.2) is 42.5 Å². The third-order valence-electron chi connectivity index (χ3n) is 4.60. The van der Waals surface area contributed by atoms with Crippen LogP contribution in [0.25, 0.3) is 0 Å². The molecular formula is C22H26Cl2N2O2S. The summed E-state index contributed by atoms with van der Waals surface area (Å²) in [7, 11) is 1.59. The van der Waals surface area contributed by atoms with Gasteiger partial charge in [0, 0.05) is 29.4 Å². The zero-order valence-corrected chi connectivity index (χ0v) is 19.2. The summed E-state index contributed by atoms with van der Waals surface area (Å²) in [6.45, 7) is 4.31. The molecule has 0 aromatic heterocycles. The molecule has 2 aromatic carbocycles. The molecule has 0 aliphatic rings. The van der Waals surface area contributed by atoms with Crippen molar-refractivity contribution in [3.8, 4) is 0 Å². The van der Waals surface area contributed by atoms with Gasteiger partial charge in [0.05, 0.1) is 5.75 Å². The van der Waals surface area contributed by atoms with Crippen LogP contribution < -0.4 is 5.32 Å². The first-order chi connectivity index (χ1) is 13.9. The van der Waals surface area contributed by atoms with Crippen LogP contribution in [-0.4, -0.2) is 35.6 Å². The maximum atomic E-state index is 13.1. The first kappa shape index (κ1) is 23.6. The quantitative estimate of drug-likeness (QED) is 0.576. The normalized spacial score (nSPS) is 11.8. The van der Waals surface area contributed by atoms with Gasteiger partial charge in [-0.3, -0.25) is 9.59 Å². The maximum absolute atomic E-state index is 13.1. The highest BCUT2D eigenvalue weighted by molar-refractivity contribution is 7.99. The Morgan fingerprint density at radius 3 is 2.38 bits per heavy atom. The van der Waals surface area contributed by atoms with Gasteiger partial charge in [0.25, 0.3) is 0 Å². The van der Waals surface area contributed by atoms with E-state index in [0.29, 0.717) is 28.8 Å². The van der Waals surface area contributed by atoms with Crippen LogP contribution in [0.3, 0.4) is 0 Å². The van der Waals surface area contributed by atoms with Gasteiger partial charge in [0.2, 0.25) is 11.8 Å². The lowest BCUT2D eigenvalue weighted by atomic mass is 10.1. The highest BCUT2D eigenvalue weighted by Crippen LogP contribution is 2.28. The molecular weight excluding hydrogens is 427 g/mol. The lowest BCUT2D eigenvalue weighted by molar-refractivity contribution is -0.139. The highest BCUT2D eigenvalue weighted by atomic mass is 35.5. The van der Waals surface area contributed by atoms with Crippen LogP contribution in [0.1, 0.15) is 30.0 Å². The Bertz CT molecular complexity index is 840. The molecule has 0 radical (unpaired) electrons. The van der Waals surface area contributed by atoms with Crippen LogP contribution >= 0.6 is 35.0 Å². The summed E-state index contributed by atoms with van der Waals surface area (Å²) in [5.41, 5.74) is 2.93. The minimum absolute atomic E-state index is 0.0878. The summed E-state index contributed by atoms with van der Waals surface area (Å²) < 4.78 is 0. The Hall–Kier alpha value is -1.69. The Kier molecular flexibility index (Phi) is 9.34. The summed E-state index contributed by atoms with van der Waals surface area (Å²) >= 11 is 13.9. The molecule has 2 aromatic rings. The standard InChI is InChI=1S/C22H26Cl2N2O2S/c1-4-20(22(28)25-3)26(12-16-8-5-7-15(2)11-16)21(27)14-29-13-17-18(23)9-6-10-19(17)24/h5-11,20H,4,12-14H2,1-3H3,(H,25,28)/t20-/m0/s1. The van der Waals surface area contributed by atoms with Gasteiger partial charge < -0.3 is 10.2 Å². The van der Waals surface area contributed by atoms with E-state index in [1.165, 1.54) is 11.8 Å². The average molecular weight is 453 g/mol. The van der Waals surface area contributed by atoms with E-state index < -0.39 is 6.04 Å². The van der Waals surface area contributed by atoms with E-state index in [1.807, 2.05) is 38.1 Å². The second-order valence-electron chi connectivity index (χ2n) is 6.74. The lowest BCUT2D eigenvalue weighted by Gasteiger charge is -2.30. The fourth-order valence-corrected chi connectivity index (χ4v) is 4.73. The van der Waals surface area contributed by atoms with E-state index in [2.05, 4.69) is 5.32 Å². The summed E-state index contributed by atoms with van der Waals surface area (Å²) in [6, 6.07) is 12.8. The van der Waals surface area contributed by atoms with Gasteiger partial charge in [-0.15, -0.1) is 11.8 Å². The largest absolute Gasteiger partial charge is 0.357 e. The molecule has 29 heavy (non-hydrogen) atoms. The van der Waals surface area contributed by atoms with Crippen molar-refractivity contribution in [2.45, 2.75) is 38.6 Å². The molecule has 1 atom stereocenters. The molecule has 0 saturated heterocycles. The second kappa shape index (κ2) is 11.5. The number of hydrogen-bond donors (Lipinski definition) is 1. The number of nitrogens with one attached hydrogen (secondary N) is 1. The molecule has 0 heterocycles. The average Bonchev–Trinajstić information content (AvgIpc) is 2.69. The third kappa shape index (κ3) is 6.66. The van der Waals surface area contributed by atoms with Crippen molar-refractivity contribution in [3.63, 3.8) is 0 Å². The summed E-state index contributed by atoms with van der Waals surface area (Å²) in [4.78, 5) is 27.1. The number of thioether (sulfide) groups is 1. The molecule has 0 unspecified atom stereocenters. The first-order valence-corrected chi connectivity index (χ1v) is 11.4. The minimum atomic E-state index is -0.516. The smallest absolute Gasteiger partial charge is 0.242 e. The SMILES string of the molecule is CC[C@@H](C(=O)NC)N(Cc1cccc(C)c1)C(=O)CSCc1c(Cl)cccc1Cl. The molecule has 7 heteroatoms. The van der Waals surface area contributed by atoms with Crippen LogP contribution in [0.5, 0.6) is 0 Å². The van der Waals surface area contributed by atoms with Crippen LogP contribution in [0, 0.1) is 6.92 Å². The zero-order valence-electron chi connectivity index (χ0n) is 16.9. The fraction of sp³-hybridized carbons (Fsp3) is 0.364. The van der Waals surface area contributed by atoms with Gasteiger partial charge in [-0.1, -0.05) is 66.0 Å². The van der Waals surface area contributed by atoms with E-state index in [0.717, 1.165) is 16.7 Å². The molecule has 0 fully saturated rings. The summed E-state index contributed by atoms with van der Waals surface area (Å²) in [5, 5.41) is 3.85. The van der Waals surface area contributed by atoms with Gasteiger partial charge in [-0.25, -0.2) is 0 Å². The van der Waals surface area contributed by atoms with Crippen molar-refractivity contribution in [1.29, 1.82) is 0 Å². The monoisotopic (exact) mass is 452 g/mol. The van der Waals surface area contributed by atoms with E-state index >= 15 is 0 Å². The molecule has 0 saturated carbocycles. The zero-order chi connectivity index (χ0) is 21.4. The van der Waals surface area contributed by atoms with Crippen molar-refractivity contribution in [2.75, 3.05) is 12.8 Å². The highest BCUT2D eigenvalue weighted by Gasteiger charge is 2.27. The number of likely N-dealkylation sites (N-methyl/N-ethyl adjacent to an activating group) is 1. The Labute approximate surface area is 187 Å². The predicted molar refractivity (Wildman–Crippen MR) is 122 cm³/mol. The molecule has 2 rings (SSSR count). The predicted octanol–water partition coefficient (Wildman–Crippen LogP) is 5.09. The molecule has 2 amide bonds. The van der Waals surface area contributed by atoms with Crippen molar-refractivity contribution < 1.29 is 9.59 Å². The molecule has 0 aliphatic heterocycles. The van der Waals surface area contributed by atoms with Crippen molar-refractivity contribution in [1.82, 2.24) is 10.2 Å². The number of amides is 2. The molecule has 0 spiro atoms. The summed E-state index contributed by atoms with van der Waals surface area (Å²) in [6.07, 6.45) is 0.540. The molecule has 156 valence electrons. The third-order valence-corrected chi connectivity index (χ3v) is 6.25. The molecule has 1 N–H and O–H groups in total. The molecule has 0 aliphatic carbocycles. The van der Waals surface area contributed by atoms with E-state index in [9.17, 15) is 9.59 Å². The Balaban J connectivity index is 2.14. The van der Waals surface area contributed by atoms with Crippen LogP contribution in [0.4, 0.5) is 0 Å². The number of benzene rings is 2. The first-order valence-electron chi connectivity index (χ1n) is 9.44. The van der Waals surface area contributed by atoms with Crippen LogP contribution in [-0.2, 0) is 21.9 Å². The summed E-state index contributed by atoms with van der Waals surface area (Å²) in [5.74, 6) is 0.517. The fourth-order valence-electron chi connectivity index (χ4n) is 3.09. The van der Waals surface area contributed by atoms with Crippen molar-refractivity contribution in [3.05, 3.63) is 69.2 Å². The van der Waals surface area contributed by atoms with Gasteiger partial charge in [0.15, 0.2) is 0 Å². The lowest BCUT2D eigenvalue weighted by Crippen LogP contribution is -2.48. The molecule has 0 bridgehead atoms. The number of rotatable bonds is 9. The Morgan fingerprint density at radius 1 is 1.14 bits per heavy atom. The van der Waals surface area contributed by atoms with Crippen molar-refractivity contribution >= 4 is 46.8 Å². The van der Waals surface area contributed by atoms with E-state index in [4.69, 9.17) is 23.2 Å². The van der Waals surface area contributed by atoms with Gasteiger partial charge in [0.1, 0.15) is 6.04 Å². The van der Waals surface area contributed by atoms with Gasteiger partial charge >= 0.3 is 0 Å². The minimum Gasteiger partial charge on any atom is -0.357 e. The number of carbonyl (C=O) groups is 2. The van der Waals surface area contributed by atoms with Crippen molar-refractivity contribution in [2.24, 2.45) is 0 Å². The van der Waals surface area contributed by atoms with E-state index in [-0.39, 0.29) is 17.6 Å². The Morgan fingerprint density at radius 2 is 1.79 bits per heavy atom. The number of hydrogen-bond acceptors (Lipinski definition) is 3. The topological polar surface area (TPSA) is 49.4 Å². The maximum Gasteiger partial charge on any atom is 0.242 e.